The highest BCUT2D eigenvalue weighted by Crippen LogP contribution is 2.35. The summed E-state index contributed by atoms with van der Waals surface area (Å²) in [5, 5.41) is 3.27. The monoisotopic (exact) mass is 170 g/mol. The van der Waals surface area contributed by atoms with Gasteiger partial charge >= 0.3 is 0 Å². The second-order valence-corrected chi connectivity index (χ2v) is 3.65. The molecule has 0 radical (unpaired) electrons. The summed E-state index contributed by atoms with van der Waals surface area (Å²) in [7, 11) is 0. The van der Waals surface area contributed by atoms with Crippen molar-refractivity contribution in [3.63, 3.8) is 0 Å². The molecule has 68 valence electrons. The van der Waals surface area contributed by atoms with Crippen LogP contribution < -0.4 is 11.1 Å². The van der Waals surface area contributed by atoms with E-state index < -0.39 is 0 Å². The second-order valence-electron chi connectivity index (χ2n) is 3.65. The van der Waals surface area contributed by atoms with Gasteiger partial charge in [0.15, 0.2) is 0 Å². The number of carbonyl (C=O) groups excluding carboxylic acids is 1. The van der Waals surface area contributed by atoms with Gasteiger partial charge in [-0.3, -0.25) is 10.1 Å². The Bertz CT molecular complexity index is 195. The molecule has 0 bridgehead atoms. The number of rotatable bonds is 3. The molecule has 1 aliphatic heterocycles. The first kappa shape index (κ1) is 8.01. The maximum absolute atomic E-state index is 11.0. The van der Waals surface area contributed by atoms with Crippen molar-refractivity contribution in [1.29, 1.82) is 0 Å². The predicted octanol–water partition coefficient (Wildman–Crippen LogP) is -0.617. The van der Waals surface area contributed by atoms with E-state index in [4.69, 9.17) is 10.5 Å². The molecule has 0 aromatic heterocycles. The molecule has 1 amide bonds. The third-order valence-corrected chi connectivity index (χ3v) is 2.63. The van der Waals surface area contributed by atoms with Crippen LogP contribution >= 0.6 is 0 Å². The van der Waals surface area contributed by atoms with Gasteiger partial charge in [0, 0.05) is 12.6 Å². The van der Waals surface area contributed by atoms with Crippen molar-refractivity contribution in [2.45, 2.75) is 30.8 Å². The van der Waals surface area contributed by atoms with Crippen molar-refractivity contribution in [3.8, 4) is 0 Å². The number of carbonyl (C=O) groups is 1. The van der Waals surface area contributed by atoms with Crippen LogP contribution in [0.5, 0.6) is 0 Å². The van der Waals surface area contributed by atoms with Crippen molar-refractivity contribution in [1.82, 2.24) is 5.32 Å². The average Bonchev–Trinajstić information content (AvgIpc) is 2.60. The lowest BCUT2D eigenvalue weighted by Gasteiger charge is -2.17. The Kier molecular flexibility index (Phi) is 1.81. The number of amides is 1. The number of primary amides is 1. The molecule has 12 heavy (non-hydrogen) atoms. The number of hydrogen-bond acceptors (Lipinski definition) is 3. The Labute approximate surface area is 71.4 Å². The molecule has 1 saturated carbocycles. The summed E-state index contributed by atoms with van der Waals surface area (Å²) in [6, 6.07) is 0.333. The van der Waals surface area contributed by atoms with Crippen molar-refractivity contribution >= 4 is 5.91 Å². The van der Waals surface area contributed by atoms with Gasteiger partial charge in [-0.15, -0.1) is 0 Å². The van der Waals surface area contributed by atoms with Gasteiger partial charge in [-0.05, 0) is 19.3 Å². The maximum atomic E-state index is 11.0. The fourth-order valence-electron chi connectivity index (χ4n) is 1.63. The third kappa shape index (κ3) is 1.32. The van der Waals surface area contributed by atoms with Crippen LogP contribution in [0.2, 0.25) is 0 Å². The van der Waals surface area contributed by atoms with Crippen LogP contribution in [-0.2, 0) is 9.53 Å². The average molecular weight is 170 g/mol. The second kappa shape index (κ2) is 2.71. The molecule has 1 unspecified atom stereocenters. The number of nitrogens with one attached hydrogen (secondary N) is 1. The number of hydrogen-bond donors (Lipinski definition) is 2. The van der Waals surface area contributed by atoms with Crippen LogP contribution in [0.4, 0.5) is 0 Å². The van der Waals surface area contributed by atoms with Gasteiger partial charge in [0.2, 0.25) is 5.91 Å². The predicted molar refractivity (Wildman–Crippen MR) is 43.5 cm³/mol. The smallest absolute Gasteiger partial charge is 0.237 e. The minimum atomic E-state index is -0.377. The van der Waals surface area contributed by atoms with E-state index in [2.05, 4.69) is 5.32 Å². The topological polar surface area (TPSA) is 64.4 Å². The van der Waals surface area contributed by atoms with E-state index in [1.165, 1.54) is 0 Å². The highest BCUT2D eigenvalue weighted by atomic mass is 16.5. The molecule has 0 aromatic carbocycles. The minimum Gasteiger partial charge on any atom is -0.380 e. The van der Waals surface area contributed by atoms with E-state index in [0.717, 1.165) is 32.5 Å². The van der Waals surface area contributed by atoms with Crippen LogP contribution in [-0.4, -0.2) is 30.7 Å². The van der Waals surface area contributed by atoms with E-state index in [1.54, 1.807) is 0 Å². The van der Waals surface area contributed by atoms with Gasteiger partial charge in [-0.2, -0.15) is 0 Å². The zero-order chi connectivity index (χ0) is 8.60. The lowest BCUT2D eigenvalue weighted by Crippen LogP contribution is -2.48. The minimum absolute atomic E-state index is 0.214. The van der Waals surface area contributed by atoms with Gasteiger partial charge in [0.25, 0.3) is 0 Å². The van der Waals surface area contributed by atoms with Gasteiger partial charge in [-0.1, -0.05) is 0 Å². The molecule has 3 N–H and O–H groups in total. The highest BCUT2D eigenvalue weighted by Gasteiger charge is 2.49. The van der Waals surface area contributed by atoms with Crippen molar-refractivity contribution in [3.05, 3.63) is 0 Å². The lowest BCUT2D eigenvalue weighted by atomic mass is 10.2. The zero-order valence-electron chi connectivity index (χ0n) is 7.01. The number of ether oxygens (including phenoxy) is 1. The summed E-state index contributed by atoms with van der Waals surface area (Å²) in [5.74, 6) is -0.214. The van der Waals surface area contributed by atoms with Crippen LogP contribution in [0.15, 0.2) is 0 Å². The molecule has 4 heteroatoms. The molecule has 4 nitrogen and oxygen atoms in total. The first-order chi connectivity index (χ1) is 5.73. The summed E-state index contributed by atoms with van der Waals surface area (Å²) in [6.07, 6.45) is 2.77. The van der Waals surface area contributed by atoms with E-state index in [-0.39, 0.29) is 11.4 Å². The molecular formula is C8H14N2O2. The Hall–Kier alpha value is -0.610. The molecule has 2 fully saturated rings. The maximum Gasteiger partial charge on any atom is 0.237 e. The Morgan fingerprint density at radius 2 is 2.33 bits per heavy atom. The summed E-state index contributed by atoms with van der Waals surface area (Å²) in [4.78, 5) is 11.0. The molecular weight excluding hydrogens is 156 g/mol. The summed E-state index contributed by atoms with van der Waals surface area (Å²) in [5.41, 5.74) is 4.89. The highest BCUT2D eigenvalue weighted by molar-refractivity contribution is 5.87. The van der Waals surface area contributed by atoms with E-state index in [0.29, 0.717) is 6.04 Å². The first-order valence-corrected chi connectivity index (χ1v) is 4.38. The normalized spacial score (nSPS) is 31.8. The first-order valence-electron chi connectivity index (χ1n) is 4.38. The third-order valence-electron chi connectivity index (χ3n) is 2.63. The van der Waals surface area contributed by atoms with Gasteiger partial charge < -0.3 is 10.5 Å². The van der Waals surface area contributed by atoms with E-state index in [1.807, 2.05) is 0 Å². The van der Waals surface area contributed by atoms with Crippen LogP contribution in [0.25, 0.3) is 0 Å². The summed E-state index contributed by atoms with van der Waals surface area (Å²) in [6.45, 7) is 1.52. The van der Waals surface area contributed by atoms with Crippen LogP contribution in [0.3, 0.4) is 0 Å². The Balaban J connectivity index is 1.89. The number of nitrogens with two attached hydrogens (primary N) is 1. The lowest BCUT2D eigenvalue weighted by molar-refractivity contribution is -0.121. The van der Waals surface area contributed by atoms with Gasteiger partial charge in [-0.25, -0.2) is 0 Å². The Morgan fingerprint density at radius 1 is 1.58 bits per heavy atom. The summed E-state index contributed by atoms with van der Waals surface area (Å²) < 4.78 is 5.20. The quantitative estimate of drug-likeness (QED) is 0.593. The molecule has 1 saturated heterocycles. The zero-order valence-corrected chi connectivity index (χ0v) is 7.01. The largest absolute Gasteiger partial charge is 0.380 e. The van der Waals surface area contributed by atoms with E-state index in [9.17, 15) is 4.79 Å². The molecule has 2 aliphatic rings. The SMILES string of the molecule is NC(=O)C1(NC2CCOC2)CC1. The van der Waals surface area contributed by atoms with E-state index >= 15 is 0 Å². The molecule has 1 atom stereocenters. The molecule has 1 aliphatic carbocycles. The fourth-order valence-corrected chi connectivity index (χ4v) is 1.63. The van der Waals surface area contributed by atoms with Gasteiger partial charge in [0.1, 0.15) is 0 Å². The fraction of sp³-hybridized carbons (Fsp3) is 0.875. The van der Waals surface area contributed by atoms with Crippen molar-refractivity contribution in [2.24, 2.45) is 5.73 Å². The molecule has 0 spiro atoms. The van der Waals surface area contributed by atoms with Crippen molar-refractivity contribution in [2.75, 3.05) is 13.2 Å². The summed E-state index contributed by atoms with van der Waals surface area (Å²) >= 11 is 0. The molecule has 2 rings (SSSR count). The van der Waals surface area contributed by atoms with Crippen molar-refractivity contribution < 1.29 is 9.53 Å². The standard InChI is InChI=1S/C8H14N2O2/c9-7(11)8(2-3-8)10-6-1-4-12-5-6/h6,10H,1-5H2,(H2,9,11). The van der Waals surface area contributed by atoms with Crippen LogP contribution in [0, 0.1) is 0 Å². The van der Waals surface area contributed by atoms with Gasteiger partial charge in [0.05, 0.1) is 12.1 Å². The molecule has 1 heterocycles. The Morgan fingerprint density at radius 3 is 2.75 bits per heavy atom. The molecule has 0 aromatic rings. The van der Waals surface area contributed by atoms with Crippen LogP contribution in [0.1, 0.15) is 19.3 Å².